The molecule has 108 valence electrons. The number of hydrogen-bond acceptors (Lipinski definition) is 3. The van der Waals surface area contributed by atoms with Crippen molar-refractivity contribution in [3.8, 4) is 0 Å². The van der Waals surface area contributed by atoms with Gasteiger partial charge in [0.2, 0.25) is 10.0 Å². The van der Waals surface area contributed by atoms with Gasteiger partial charge in [-0.1, -0.05) is 23.8 Å². The van der Waals surface area contributed by atoms with Crippen molar-refractivity contribution < 1.29 is 13.2 Å². The third-order valence-electron chi connectivity index (χ3n) is 3.81. The number of nitrogens with zero attached hydrogens (tertiary/aromatic N) is 1. The molecule has 0 spiro atoms. The minimum absolute atomic E-state index is 0.110. The number of rotatable bonds is 4. The van der Waals surface area contributed by atoms with E-state index in [0.29, 0.717) is 24.4 Å². The normalized spacial score (nSPS) is 24.2. The molecule has 1 aliphatic rings. The molecule has 1 fully saturated rings. The number of benzene rings is 1. The second-order valence-corrected chi connectivity index (χ2v) is 7.10. The molecule has 1 aromatic carbocycles. The molecule has 0 unspecified atom stereocenters. The molecule has 0 saturated carbocycles. The summed E-state index contributed by atoms with van der Waals surface area (Å²) in [6.07, 6.45) is 3.13. The van der Waals surface area contributed by atoms with Gasteiger partial charge in [-0.3, -0.25) is 0 Å². The van der Waals surface area contributed by atoms with Gasteiger partial charge in [-0.05, 0) is 31.4 Å². The summed E-state index contributed by atoms with van der Waals surface area (Å²) in [6, 6.07) is 6.82. The Labute approximate surface area is 120 Å². The van der Waals surface area contributed by atoms with Gasteiger partial charge in [-0.2, -0.15) is 4.31 Å². The average Bonchev–Trinajstić information content (AvgIpc) is 2.46. The fourth-order valence-corrected chi connectivity index (χ4v) is 3.96. The van der Waals surface area contributed by atoms with E-state index in [1.807, 2.05) is 6.92 Å². The summed E-state index contributed by atoms with van der Waals surface area (Å²) >= 11 is 0. The van der Waals surface area contributed by atoms with Crippen LogP contribution in [0, 0.1) is 18.8 Å². The van der Waals surface area contributed by atoms with Gasteiger partial charge in [0.05, 0.1) is 4.90 Å². The van der Waals surface area contributed by atoms with Gasteiger partial charge in [0.15, 0.2) is 0 Å². The molecule has 1 saturated heterocycles. The molecule has 20 heavy (non-hydrogen) atoms. The Bertz CT molecular complexity index is 592. The lowest BCUT2D eigenvalue weighted by Gasteiger charge is -2.34. The minimum atomic E-state index is -3.48. The molecule has 1 heterocycles. The highest BCUT2D eigenvalue weighted by Crippen LogP contribution is 2.27. The van der Waals surface area contributed by atoms with Crippen molar-refractivity contribution in [2.75, 3.05) is 13.1 Å². The van der Waals surface area contributed by atoms with E-state index in [1.54, 1.807) is 30.3 Å². The lowest BCUT2D eigenvalue weighted by molar-refractivity contribution is -0.113. The standard InChI is InChI=1S/C15H19NO3S/c1-3-13-10-16(9-8-14(13)11-17)20(18,19)15-6-4-12(2)5-7-15/h3-7,11,13-14H,1,8-10H2,2H3/t13-,14+/m1/s1. The van der Waals surface area contributed by atoms with Gasteiger partial charge >= 0.3 is 0 Å². The van der Waals surface area contributed by atoms with E-state index in [9.17, 15) is 13.2 Å². The van der Waals surface area contributed by atoms with E-state index in [0.717, 1.165) is 11.8 Å². The molecule has 1 aliphatic heterocycles. The molecule has 2 atom stereocenters. The highest BCUT2D eigenvalue weighted by atomic mass is 32.2. The quantitative estimate of drug-likeness (QED) is 0.630. The van der Waals surface area contributed by atoms with Crippen LogP contribution in [-0.2, 0) is 14.8 Å². The van der Waals surface area contributed by atoms with Crippen LogP contribution in [0.2, 0.25) is 0 Å². The van der Waals surface area contributed by atoms with Crippen molar-refractivity contribution in [2.24, 2.45) is 11.8 Å². The molecular weight excluding hydrogens is 274 g/mol. The van der Waals surface area contributed by atoms with Gasteiger partial charge < -0.3 is 4.79 Å². The maximum Gasteiger partial charge on any atom is 0.243 e. The minimum Gasteiger partial charge on any atom is -0.303 e. The van der Waals surface area contributed by atoms with Crippen molar-refractivity contribution in [1.29, 1.82) is 0 Å². The number of carbonyl (C=O) groups excluding carboxylic acids is 1. The number of sulfonamides is 1. The van der Waals surface area contributed by atoms with Crippen LogP contribution in [0.5, 0.6) is 0 Å². The lowest BCUT2D eigenvalue weighted by atomic mass is 9.88. The summed E-state index contributed by atoms with van der Waals surface area (Å²) in [5.41, 5.74) is 1.02. The molecule has 0 amide bonds. The average molecular weight is 293 g/mol. The van der Waals surface area contributed by atoms with E-state index < -0.39 is 10.0 Å². The lowest BCUT2D eigenvalue weighted by Crippen LogP contribution is -2.43. The highest BCUT2D eigenvalue weighted by molar-refractivity contribution is 7.89. The molecule has 0 radical (unpaired) electrons. The number of piperidine rings is 1. The van der Waals surface area contributed by atoms with Gasteiger partial charge in [0.25, 0.3) is 0 Å². The SMILES string of the molecule is C=C[C@@H]1CN(S(=O)(=O)c2ccc(C)cc2)CC[C@H]1C=O. The van der Waals surface area contributed by atoms with Crippen LogP contribution in [0.1, 0.15) is 12.0 Å². The second kappa shape index (κ2) is 5.89. The molecule has 1 aromatic rings. The van der Waals surface area contributed by atoms with Crippen molar-refractivity contribution >= 4 is 16.3 Å². The Hall–Kier alpha value is -1.46. The molecule has 2 rings (SSSR count). The van der Waals surface area contributed by atoms with Crippen LogP contribution >= 0.6 is 0 Å². The maximum absolute atomic E-state index is 12.6. The fraction of sp³-hybridized carbons (Fsp3) is 0.400. The largest absolute Gasteiger partial charge is 0.303 e. The molecule has 0 aromatic heterocycles. The number of aldehydes is 1. The predicted octanol–water partition coefficient (Wildman–Crippen LogP) is 2.01. The Balaban J connectivity index is 2.24. The number of hydrogen-bond donors (Lipinski definition) is 0. The van der Waals surface area contributed by atoms with Crippen molar-refractivity contribution in [3.05, 3.63) is 42.5 Å². The van der Waals surface area contributed by atoms with E-state index in [4.69, 9.17) is 0 Å². The first-order chi connectivity index (χ1) is 9.48. The Morgan fingerprint density at radius 3 is 2.45 bits per heavy atom. The summed E-state index contributed by atoms with van der Waals surface area (Å²) in [5.74, 6) is -0.238. The Kier molecular flexibility index (Phi) is 4.40. The third kappa shape index (κ3) is 2.83. The number of aryl methyl sites for hydroxylation is 1. The Morgan fingerprint density at radius 1 is 1.25 bits per heavy atom. The van der Waals surface area contributed by atoms with Crippen molar-refractivity contribution in [1.82, 2.24) is 4.31 Å². The van der Waals surface area contributed by atoms with E-state index >= 15 is 0 Å². The predicted molar refractivity (Wildman–Crippen MR) is 77.8 cm³/mol. The van der Waals surface area contributed by atoms with Gasteiger partial charge in [0, 0.05) is 19.0 Å². The monoisotopic (exact) mass is 293 g/mol. The van der Waals surface area contributed by atoms with Crippen LogP contribution in [0.15, 0.2) is 41.8 Å². The van der Waals surface area contributed by atoms with Crippen molar-refractivity contribution in [2.45, 2.75) is 18.2 Å². The number of carbonyl (C=O) groups is 1. The summed E-state index contributed by atoms with van der Waals surface area (Å²) in [4.78, 5) is 11.3. The van der Waals surface area contributed by atoms with E-state index in [2.05, 4.69) is 6.58 Å². The van der Waals surface area contributed by atoms with Crippen LogP contribution in [0.25, 0.3) is 0 Å². The molecule has 0 bridgehead atoms. The van der Waals surface area contributed by atoms with Gasteiger partial charge in [-0.15, -0.1) is 6.58 Å². The molecular formula is C15H19NO3S. The highest BCUT2D eigenvalue weighted by Gasteiger charge is 2.33. The first-order valence-corrected chi connectivity index (χ1v) is 8.07. The van der Waals surface area contributed by atoms with E-state index in [-0.39, 0.29) is 11.8 Å². The zero-order valence-electron chi connectivity index (χ0n) is 11.5. The van der Waals surface area contributed by atoms with Gasteiger partial charge in [-0.25, -0.2) is 8.42 Å². The summed E-state index contributed by atoms with van der Waals surface area (Å²) in [7, 11) is -3.48. The summed E-state index contributed by atoms with van der Waals surface area (Å²) in [5, 5.41) is 0. The first-order valence-electron chi connectivity index (χ1n) is 6.63. The molecule has 0 N–H and O–H groups in total. The molecule has 4 nitrogen and oxygen atoms in total. The topological polar surface area (TPSA) is 54.5 Å². The van der Waals surface area contributed by atoms with Crippen LogP contribution in [0.4, 0.5) is 0 Å². The zero-order valence-corrected chi connectivity index (χ0v) is 12.3. The van der Waals surface area contributed by atoms with Crippen LogP contribution in [-0.4, -0.2) is 32.1 Å². The first kappa shape index (κ1) is 14.9. The third-order valence-corrected chi connectivity index (χ3v) is 5.69. The second-order valence-electron chi connectivity index (χ2n) is 5.16. The zero-order chi connectivity index (χ0) is 14.8. The summed E-state index contributed by atoms with van der Waals surface area (Å²) in [6.45, 7) is 6.32. The van der Waals surface area contributed by atoms with E-state index in [1.165, 1.54) is 4.31 Å². The fourth-order valence-electron chi connectivity index (χ4n) is 2.46. The summed E-state index contributed by atoms with van der Waals surface area (Å²) < 4.78 is 26.6. The maximum atomic E-state index is 12.6. The van der Waals surface area contributed by atoms with Crippen molar-refractivity contribution in [3.63, 3.8) is 0 Å². The van der Waals surface area contributed by atoms with Crippen LogP contribution in [0.3, 0.4) is 0 Å². The van der Waals surface area contributed by atoms with Crippen LogP contribution < -0.4 is 0 Å². The molecule has 0 aliphatic carbocycles. The smallest absolute Gasteiger partial charge is 0.243 e. The molecule has 5 heteroatoms. The van der Waals surface area contributed by atoms with Gasteiger partial charge in [0.1, 0.15) is 6.29 Å². The Morgan fingerprint density at radius 2 is 1.90 bits per heavy atom.